The molecule has 0 radical (unpaired) electrons. The first kappa shape index (κ1) is 17.0. The van der Waals surface area contributed by atoms with Crippen LogP contribution in [-0.2, 0) is 25.4 Å². The van der Waals surface area contributed by atoms with Crippen LogP contribution in [0.25, 0.3) is 11.2 Å². The summed E-state index contributed by atoms with van der Waals surface area (Å²) < 4.78 is 3.73. The molecule has 2 aromatic heterocycles. The third-order valence-corrected chi connectivity index (χ3v) is 4.61. The Morgan fingerprint density at radius 2 is 2.00 bits per heavy atom. The van der Waals surface area contributed by atoms with Gasteiger partial charge in [-0.15, -0.1) is 11.8 Å². The molecule has 8 nitrogen and oxygen atoms in total. The van der Waals surface area contributed by atoms with Gasteiger partial charge >= 0.3 is 5.69 Å². The maximum atomic E-state index is 12.4. The van der Waals surface area contributed by atoms with Crippen LogP contribution in [0.15, 0.2) is 45.1 Å². The van der Waals surface area contributed by atoms with Gasteiger partial charge in [-0.2, -0.15) is 0 Å². The molecule has 0 aliphatic rings. The van der Waals surface area contributed by atoms with Crippen molar-refractivity contribution in [2.45, 2.75) is 11.4 Å². The first-order valence-electron chi connectivity index (χ1n) is 7.47. The molecule has 0 spiro atoms. The third kappa shape index (κ3) is 3.10. The number of thioether (sulfide) groups is 1. The van der Waals surface area contributed by atoms with E-state index in [0.717, 1.165) is 9.46 Å². The van der Waals surface area contributed by atoms with E-state index in [1.807, 2.05) is 24.5 Å². The number of hydrogen-bond acceptors (Lipinski definition) is 5. The molecule has 1 aromatic carbocycles. The highest BCUT2D eigenvalue weighted by Crippen LogP contribution is 2.19. The van der Waals surface area contributed by atoms with E-state index in [2.05, 4.69) is 10.3 Å². The minimum Gasteiger partial charge on any atom is -0.324 e. The Morgan fingerprint density at radius 3 is 2.72 bits per heavy atom. The molecule has 3 aromatic rings. The van der Waals surface area contributed by atoms with Gasteiger partial charge in [0.05, 0.1) is 6.33 Å². The molecule has 0 aliphatic carbocycles. The Labute approximate surface area is 147 Å². The normalized spacial score (nSPS) is 11.0. The molecule has 25 heavy (non-hydrogen) atoms. The molecule has 0 saturated heterocycles. The van der Waals surface area contributed by atoms with E-state index in [0.29, 0.717) is 5.69 Å². The number of imidazole rings is 1. The van der Waals surface area contributed by atoms with Gasteiger partial charge in [0.2, 0.25) is 5.91 Å². The van der Waals surface area contributed by atoms with Crippen LogP contribution in [0.2, 0.25) is 0 Å². The molecule has 0 aliphatic heterocycles. The van der Waals surface area contributed by atoms with Gasteiger partial charge in [-0.1, -0.05) is 6.07 Å². The minimum atomic E-state index is -0.479. The van der Waals surface area contributed by atoms with Crippen molar-refractivity contribution in [2.24, 2.45) is 14.1 Å². The highest BCUT2D eigenvalue weighted by molar-refractivity contribution is 7.98. The molecular formula is C16H17N5O3S. The van der Waals surface area contributed by atoms with Crippen LogP contribution in [0.5, 0.6) is 0 Å². The molecule has 0 bridgehead atoms. The van der Waals surface area contributed by atoms with Crippen molar-refractivity contribution in [1.82, 2.24) is 18.7 Å². The molecule has 9 heteroatoms. The van der Waals surface area contributed by atoms with E-state index < -0.39 is 11.2 Å². The topological polar surface area (TPSA) is 90.9 Å². The number of nitrogens with zero attached hydrogens (tertiary/aromatic N) is 4. The number of aromatic nitrogens is 4. The van der Waals surface area contributed by atoms with Crippen molar-refractivity contribution in [3.8, 4) is 0 Å². The second-order valence-electron chi connectivity index (χ2n) is 5.53. The Morgan fingerprint density at radius 1 is 1.24 bits per heavy atom. The van der Waals surface area contributed by atoms with Gasteiger partial charge in [-0.25, -0.2) is 9.78 Å². The first-order valence-corrected chi connectivity index (χ1v) is 8.69. The fraction of sp³-hybridized carbons (Fsp3) is 0.250. The highest BCUT2D eigenvalue weighted by atomic mass is 32.2. The Bertz CT molecular complexity index is 1080. The molecule has 2 heterocycles. The van der Waals surface area contributed by atoms with Crippen molar-refractivity contribution in [3.05, 3.63) is 51.4 Å². The summed E-state index contributed by atoms with van der Waals surface area (Å²) in [4.78, 5) is 41.8. The van der Waals surface area contributed by atoms with Crippen LogP contribution < -0.4 is 16.6 Å². The van der Waals surface area contributed by atoms with Gasteiger partial charge < -0.3 is 9.88 Å². The summed E-state index contributed by atoms with van der Waals surface area (Å²) in [6.07, 6.45) is 3.35. The Kier molecular flexibility index (Phi) is 4.49. The fourth-order valence-electron chi connectivity index (χ4n) is 2.57. The van der Waals surface area contributed by atoms with E-state index in [-0.39, 0.29) is 23.6 Å². The molecule has 0 saturated carbocycles. The van der Waals surface area contributed by atoms with Crippen molar-refractivity contribution in [1.29, 1.82) is 0 Å². The number of aryl methyl sites for hydroxylation is 1. The lowest BCUT2D eigenvalue weighted by atomic mass is 10.3. The summed E-state index contributed by atoms with van der Waals surface area (Å²) in [6, 6.07) is 7.48. The molecule has 1 N–H and O–H groups in total. The smallest absolute Gasteiger partial charge is 0.324 e. The number of fused-ring (bicyclic) bond motifs is 1. The summed E-state index contributed by atoms with van der Waals surface area (Å²) >= 11 is 1.58. The number of nitrogens with one attached hydrogen (secondary N) is 1. The molecule has 1 amide bonds. The van der Waals surface area contributed by atoms with Gasteiger partial charge in [0.1, 0.15) is 6.54 Å². The van der Waals surface area contributed by atoms with Crippen LogP contribution in [-0.4, -0.2) is 30.8 Å². The predicted octanol–water partition coefficient (Wildman–Crippen LogP) is 0.794. The van der Waals surface area contributed by atoms with Crippen LogP contribution >= 0.6 is 11.8 Å². The average Bonchev–Trinajstić information content (AvgIpc) is 3.01. The number of carbonyl (C=O) groups is 1. The zero-order valence-corrected chi connectivity index (χ0v) is 14.8. The number of carbonyl (C=O) groups excluding carboxylic acids is 1. The average molecular weight is 359 g/mol. The molecule has 0 fully saturated rings. The van der Waals surface area contributed by atoms with Crippen LogP contribution in [0.4, 0.5) is 5.69 Å². The number of rotatable bonds is 4. The lowest BCUT2D eigenvalue weighted by molar-refractivity contribution is -0.116. The van der Waals surface area contributed by atoms with Crippen molar-refractivity contribution in [3.63, 3.8) is 0 Å². The van der Waals surface area contributed by atoms with Crippen LogP contribution in [0.3, 0.4) is 0 Å². The SMILES string of the molecule is CSc1cccc(NC(=O)Cn2cnc3c2c(=O)n(C)c(=O)n3C)c1. The van der Waals surface area contributed by atoms with Gasteiger partial charge in [-0.3, -0.25) is 18.7 Å². The Balaban J connectivity index is 1.92. The summed E-state index contributed by atoms with van der Waals surface area (Å²) in [6.45, 7) is -0.0760. The molecule has 0 atom stereocenters. The minimum absolute atomic E-state index is 0.0760. The van der Waals surface area contributed by atoms with Gasteiger partial charge in [0.25, 0.3) is 5.56 Å². The zero-order valence-electron chi connectivity index (χ0n) is 14.0. The zero-order chi connectivity index (χ0) is 18.1. The van der Waals surface area contributed by atoms with E-state index in [4.69, 9.17) is 0 Å². The number of benzene rings is 1. The monoisotopic (exact) mass is 359 g/mol. The van der Waals surface area contributed by atoms with Crippen molar-refractivity contribution >= 4 is 34.5 Å². The Hall–Kier alpha value is -2.81. The number of amides is 1. The van der Waals surface area contributed by atoms with Gasteiger partial charge in [-0.05, 0) is 24.5 Å². The second kappa shape index (κ2) is 6.60. The summed E-state index contributed by atoms with van der Waals surface area (Å²) in [7, 11) is 2.94. The van der Waals surface area contributed by atoms with Crippen molar-refractivity contribution in [2.75, 3.05) is 11.6 Å². The summed E-state index contributed by atoms with van der Waals surface area (Å²) in [5.74, 6) is -0.284. The highest BCUT2D eigenvalue weighted by Gasteiger charge is 2.16. The molecule has 130 valence electrons. The summed E-state index contributed by atoms with van der Waals surface area (Å²) in [5.41, 5.74) is 0.221. The van der Waals surface area contributed by atoms with Crippen LogP contribution in [0, 0.1) is 0 Å². The van der Waals surface area contributed by atoms with Crippen LogP contribution in [0.1, 0.15) is 0 Å². The van der Waals surface area contributed by atoms with E-state index in [1.54, 1.807) is 17.8 Å². The predicted molar refractivity (Wildman–Crippen MR) is 97.1 cm³/mol. The number of hydrogen-bond donors (Lipinski definition) is 1. The number of anilines is 1. The lowest BCUT2D eigenvalue weighted by Gasteiger charge is -2.08. The van der Waals surface area contributed by atoms with Gasteiger partial charge in [0.15, 0.2) is 11.2 Å². The maximum Gasteiger partial charge on any atom is 0.332 e. The van der Waals surface area contributed by atoms with Crippen molar-refractivity contribution < 1.29 is 4.79 Å². The second-order valence-corrected chi connectivity index (χ2v) is 6.41. The third-order valence-electron chi connectivity index (χ3n) is 3.88. The quantitative estimate of drug-likeness (QED) is 0.696. The largest absolute Gasteiger partial charge is 0.332 e. The van der Waals surface area contributed by atoms with Gasteiger partial charge in [0, 0.05) is 24.7 Å². The van der Waals surface area contributed by atoms with E-state index >= 15 is 0 Å². The standard InChI is InChI=1S/C16H17N5O3S/c1-19-14-13(15(23)20(2)16(19)24)21(9-17-14)8-12(22)18-10-5-4-6-11(7-10)25-3/h4-7,9H,8H2,1-3H3,(H,18,22). The first-order chi connectivity index (χ1) is 11.9. The molecular weight excluding hydrogens is 342 g/mol. The summed E-state index contributed by atoms with van der Waals surface area (Å²) in [5, 5.41) is 2.80. The lowest BCUT2D eigenvalue weighted by Crippen LogP contribution is -2.37. The molecule has 0 unspecified atom stereocenters. The molecule has 3 rings (SSSR count). The van der Waals surface area contributed by atoms with E-state index in [1.165, 1.54) is 29.6 Å². The van der Waals surface area contributed by atoms with E-state index in [9.17, 15) is 14.4 Å². The fourth-order valence-corrected chi connectivity index (χ4v) is 3.03. The maximum absolute atomic E-state index is 12.4.